The quantitative estimate of drug-likeness (QED) is 0.584. The van der Waals surface area contributed by atoms with Gasteiger partial charge in [0, 0.05) is 22.1 Å². The van der Waals surface area contributed by atoms with Crippen molar-refractivity contribution in [2.45, 2.75) is 13.3 Å². The van der Waals surface area contributed by atoms with Gasteiger partial charge in [0.05, 0.1) is 0 Å². The maximum absolute atomic E-state index is 11.7. The Labute approximate surface area is 101 Å². The van der Waals surface area contributed by atoms with Crippen molar-refractivity contribution in [2.75, 3.05) is 4.90 Å². The van der Waals surface area contributed by atoms with Gasteiger partial charge in [-0.25, -0.2) is 9.88 Å². The van der Waals surface area contributed by atoms with Gasteiger partial charge in [-0.15, -0.1) is 0 Å². The lowest BCUT2D eigenvalue weighted by Crippen LogP contribution is -2.30. The fraction of sp³-hybridized carbons (Fsp3) is 0.300. The molecule has 1 unspecified atom stereocenters. The van der Waals surface area contributed by atoms with Crippen molar-refractivity contribution in [1.82, 2.24) is 4.98 Å². The molecule has 0 spiro atoms. The van der Waals surface area contributed by atoms with Crippen LogP contribution < -0.4 is 4.90 Å². The predicted octanol–water partition coefficient (Wildman–Crippen LogP) is 1.59. The highest BCUT2D eigenvalue weighted by Gasteiger charge is 2.37. The van der Waals surface area contributed by atoms with Gasteiger partial charge in [-0.3, -0.25) is 9.59 Å². The summed E-state index contributed by atoms with van der Waals surface area (Å²) < 4.78 is 0.975. The lowest BCUT2D eigenvalue weighted by molar-refractivity contribution is -0.122. The third kappa shape index (κ3) is 1.88. The molecular weight excluding hydrogens is 307 g/mol. The molecule has 0 aromatic carbocycles. The molecule has 4 nitrogen and oxygen atoms in total. The molecule has 15 heavy (non-hydrogen) atoms. The second kappa shape index (κ2) is 3.88. The van der Waals surface area contributed by atoms with E-state index in [4.69, 9.17) is 0 Å². The molecule has 1 aliphatic heterocycles. The Bertz CT molecular complexity index is 416. The van der Waals surface area contributed by atoms with Gasteiger partial charge in [-0.2, -0.15) is 0 Å². The van der Waals surface area contributed by atoms with Crippen LogP contribution in [0.5, 0.6) is 0 Å². The second-order valence-corrected chi connectivity index (χ2v) is 4.75. The molecule has 0 bridgehead atoms. The van der Waals surface area contributed by atoms with Crippen molar-refractivity contribution in [1.29, 1.82) is 0 Å². The molecule has 0 N–H and O–H groups in total. The van der Waals surface area contributed by atoms with Gasteiger partial charge in [0.1, 0.15) is 5.82 Å². The first-order chi connectivity index (χ1) is 7.09. The summed E-state index contributed by atoms with van der Waals surface area (Å²) in [6.07, 6.45) is 1.92. The number of aromatic nitrogens is 1. The summed E-state index contributed by atoms with van der Waals surface area (Å²) in [6.45, 7) is 1.76. The number of carbonyl (C=O) groups is 2. The number of nitrogens with zero attached hydrogens (tertiary/aromatic N) is 2. The number of imide groups is 1. The highest BCUT2D eigenvalue weighted by atomic mass is 127. The Balaban J connectivity index is 2.35. The van der Waals surface area contributed by atoms with Crippen LogP contribution in [0.1, 0.15) is 13.3 Å². The summed E-state index contributed by atoms with van der Waals surface area (Å²) in [6, 6.07) is 3.52. The second-order valence-electron chi connectivity index (χ2n) is 3.51. The molecule has 0 saturated carbocycles. The van der Waals surface area contributed by atoms with Crippen LogP contribution in [-0.4, -0.2) is 16.8 Å². The van der Waals surface area contributed by atoms with Gasteiger partial charge in [0.2, 0.25) is 11.8 Å². The maximum Gasteiger partial charge on any atom is 0.238 e. The average molecular weight is 316 g/mol. The van der Waals surface area contributed by atoms with E-state index >= 15 is 0 Å². The Morgan fingerprint density at radius 2 is 2.20 bits per heavy atom. The zero-order valence-electron chi connectivity index (χ0n) is 8.11. The predicted molar refractivity (Wildman–Crippen MR) is 63.2 cm³/mol. The van der Waals surface area contributed by atoms with Crippen molar-refractivity contribution < 1.29 is 9.59 Å². The fourth-order valence-electron chi connectivity index (χ4n) is 1.52. The van der Waals surface area contributed by atoms with E-state index in [1.165, 1.54) is 4.90 Å². The van der Waals surface area contributed by atoms with Crippen molar-refractivity contribution >= 4 is 40.2 Å². The zero-order valence-corrected chi connectivity index (χ0v) is 10.3. The highest BCUT2D eigenvalue weighted by Crippen LogP contribution is 2.24. The summed E-state index contributed by atoms with van der Waals surface area (Å²) in [5.41, 5.74) is 0. The number of pyridine rings is 1. The Morgan fingerprint density at radius 1 is 1.47 bits per heavy atom. The molecule has 1 atom stereocenters. The summed E-state index contributed by atoms with van der Waals surface area (Å²) >= 11 is 2.12. The lowest BCUT2D eigenvalue weighted by Gasteiger charge is -2.12. The fourth-order valence-corrected chi connectivity index (χ4v) is 1.84. The van der Waals surface area contributed by atoms with Crippen molar-refractivity contribution in [3.05, 3.63) is 21.9 Å². The lowest BCUT2D eigenvalue weighted by atomic mass is 10.1. The van der Waals surface area contributed by atoms with Crippen LogP contribution >= 0.6 is 22.6 Å². The van der Waals surface area contributed by atoms with Crippen LogP contribution in [0.2, 0.25) is 0 Å². The van der Waals surface area contributed by atoms with E-state index in [1.807, 2.05) is 6.07 Å². The van der Waals surface area contributed by atoms with E-state index in [0.717, 1.165) is 3.57 Å². The number of carbonyl (C=O) groups excluding carboxylic acids is 2. The molecule has 1 aromatic heterocycles. The molecular formula is C10H9IN2O2. The number of anilines is 1. The van der Waals surface area contributed by atoms with E-state index in [1.54, 1.807) is 19.2 Å². The number of hydrogen-bond acceptors (Lipinski definition) is 3. The number of halogens is 1. The number of rotatable bonds is 1. The van der Waals surface area contributed by atoms with Gasteiger partial charge in [-0.05, 0) is 34.7 Å². The molecule has 2 amide bonds. The van der Waals surface area contributed by atoms with E-state index < -0.39 is 0 Å². The zero-order chi connectivity index (χ0) is 11.0. The molecule has 1 fully saturated rings. The first-order valence-corrected chi connectivity index (χ1v) is 5.66. The SMILES string of the molecule is CC1CC(=O)N(c2ccc(I)cn2)C1=O. The average Bonchev–Trinajstić information content (AvgIpc) is 2.44. The minimum absolute atomic E-state index is 0.159. The molecule has 78 valence electrons. The molecule has 0 radical (unpaired) electrons. The number of amides is 2. The Hall–Kier alpha value is -0.980. The highest BCUT2D eigenvalue weighted by molar-refractivity contribution is 14.1. The minimum atomic E-state index is -0.224. The maximum atomic E-state index is 11.7. The van der Waals surface area contributed by atoms with Crippen LogP contribution in [-0.2, 0) is 9.59 Å². The Morgan fingerprint density at radius 3 is 2.67 bits per heavy atom. The first kappa shape index (κ1) is 10.5. The minimum Gasteiger partial charge on any atom is -0.274 e. The third-order valence-corrected chi connectivity index (χ3v) is 2.95. The normalized spacial score (nSPS) is 21.2. The van der Waals surface area contributed by atoms with E-state index in [9.17, 15) is 9.59 Å². The number of hydrogen-bond donors (Lipinski definition) is 0. The van der Waals surface area contributed by atoms with E-state index in [2.05, 4.69) is 27.6 Å². The largest absolute Gasteiger partial charge is 0.274 e. The smallest absolute Gasteiger partial charge is 0.238 e. The van der Waals surface area contributed by atoms with Crippen LogP contribution in [0.25, 0.3) is 0 Å². The molecule has 0 aliphatic carbocycles. The van der Waals surface area contributed by atoms with Crippen LogP contribution in [0.15, 0.2) is 18.3 Å². The molecule has 2 rings (SSSR count). The van der Waals surface area contributed by atoms with Gasteiger partial charge in [0.25, 0.3) is 0 Å². The summed E-state index contributed by atoms with van der Waals surface area (Å²) in [7, 11) is 0. The van der Waals surface area contributed by atoms with Crippen LogP contribution in [0, 0.1) is 9.49 Å². The molecule has 5 heteroatoms. The third-order valence-electron chi connectivity index (χ3n) is 2.31. The standard InChI is InChI=1S/C10H9IN2O2/c1-6-4-9(14)13(10(6)15)8-3-2-7(11)5-12-8/h2-3,5-6H,4H2,1H3. The summed E-state index contributed by atoms with van der Waals surface area (Å²) in [5, 5.41) is 0. The molecule has 1 aromatic rings. The van der Waals surface area contributed by atoms with Gasteiger partial charge in [-0.1, -0.05) is 6.92 Å². The first-order valence-electron chi connectivity index (χ1n) is 4.58. The van der Waals surface area contributed by atoms with Crippen LogP contribution in [0.3, 0.4) is 0 Å². The van der Waals surface area contributed by atoms with Crippen molar-refractivity contribution in [3.63, 3.8) is 0 Å². The molecule has 1 aliphatic rings. The van der Waals surface area contributed by atoms with Crippen LogP contribution in [0.4, 0.5) is 5.82 Å². The molecule has 2 heterocycles. The van der Waals surface area contributed by atoms with Crippen molar-refractivity contribution in [3.8, 4) is 0 Å². The van der Waals surface area contributed by atoms with Gasteiger partial charge >= 0.3 is 0 Å². The van der Waals surface area contributed by atoms with Crippen molar-refractivity contribution in [2.24, 2.45) is 5.92 Å². The molecule has 1 saturated heterocycles. The topological polar surface area (TPSA) is 50.3 Å². The van der Waals surface area contributed by atoms with Gasteiger partial charge in [0.15, 0.2) is 0 Å². The summed E-state index contributed by atoms with van der Waals surface area (Å²) in [5.74, 6) is -0.122. The van der Waals surface area contributed by atoms with E-state index in [-0.39, 0.29) is 24.2 Å². The van der Waals surface area contributed by atoms with E-state index in [0.29, 0.717) is 5.82 Å². The monoisotopic (exact) mass is 316 g/mol. The summed E-state index contributed by atoms with van der Waals surface area (Å²) in [4.78, 5) is 28.4. The van der Waals surface area contributed by atoms with Gasteiger partial charge < -0.3 is 0 Å². The Kier molecular flexibility index (Phi) is 2.72.